The van der Waals surface area contributed by atoms with Crippen LogP contribution < -0.4 is 11.2 Å². The second-order valence-electron chi connectivity index (χ2n) is 5.87. The van der Waals surface area contributed by atoms with Gasteiger partial charge in [0.2, 0.25) is 0 Å². The van der Waals surface area contributed by atoms with Crippen LogP contribution in [-0.2, 0) is 31.6 Å². The van der Waals surface area contributed by atoms with Crippen LogP contribution in [0.15, 0.2) is 15.8 Å². The molecule has 2 heterocycles. The van der Waals surface area contributed by atoms with Gasteiger partial charge in [0.25, 0.3) is 5.56 Å². The Balaban J connectivity index is 2.18. The average molecular weight is 517 g/mol. The Morgan fingerprint density at radius 3 is 2.32 bits per heavy atom. The zero-order chi connectivity index (χ0) is 23.8. The molecular formula is C9H15FN3O15P3. The van der Waals surface area contributed by atoms with Gasteiger partial charge in [-0.3, -0.25) is 14.3 Å². The van der Waals surface area contributed by atoms with Crippen molar-refractivity contribution in [2.45, 2.75) is 24.0 Å². The van der Waals surface area contributed by atoms with E-state index in [1.54, 1.807) is 4.98 Å². The fourth-order valence-electron chi connectivity index (χ4n) is 2.37. The van der Waals surface area contributed by atoms with Crippen molar-refractivity contribution >= 4 is 23.5 Å². The molecule has 2 rings (SSSR count). The van der Waals surface area contributed by atoms with Gasteiger partial charge in [0.15, 0.2) is 11.8 Å². The molecule has 1 saturated heterocycles. The highest BCUT2D eigenvalue weighted by molar-refractivity contribution is 7.66. The van der Waals surface area contributed by atoms with Gasteiger partial charge in [0.1, 0.15) is 25.1 Å². The van der Waals surface area contributed by atoms with Crippen molar-refractivity contribution in [1.82, 2.24) is 14.8 Å². The van der Waals surface area contributed by atoms with E-state index < -0.39 is 72.0 Å². The lowest BCUT2D eigenvalue weighted by Gasteiger charge is -2.27. The highest BCUT2D eigenvalue weighted by Crippen LogP contribution is 2.66. The Bertz CT molecular complexity index is 1070. The van der Waals surface area contributed by atoms with Crippen molar-refractivity contribution in [2.24, 2.45) is 0 Å². The van der Waals surface area contributed by atoms with Crippen LogP contribution in [0, 0.1) is 0 Å². The maximum atomic E-state index is 13.5. The molecule has 1 aliphatic heterocycles. The van der Waals surface area contributed by atoms with Crippen molar-refractivity contribution in [3.05, 3.63) is 27.0 Å². The highest BCUT2D eigenvalue weighted by atomic mass is 31.3. The van der Waals surface area contributed by atoms with Gasteiger partial charge in [-0.05, 0) is 0 Å². The molecule has 31 heavy (non-hydrogen) atoms. The van der Waals surface area contributed by atoms with Crippen LogP contribution in [0.25, 0.3) is 0 Å². The molecule has 178 valence electrons. The zero-order valence-corrected chi connectivity index (χ0v) is 17.4. The number of hydrogen-bond donors (Lipinski definition) is 7. The fraction of sp³-hybridized carbons (Fsp3) is 0.667. The number of phosphoric ester groups is 1. The van der Waals surface area contributed by atoms with Crippen molar-refractivity contribution < 1.29 is 65.8 Å². The van der Waals surface area contributed by atoms with Gasteiger partial charge in [-0.15, -0.1) is 0 Å². The summed E-state index contributed by atoms with van der Waals surface area (Å²) in [5, 5.41) is 23.8. The largest absolute Gasteiger partial charge is 0.490 e. The molecule has 7 N–H and O–H groups in total. The minimum atomic E-state index is -5.82. The van der Waals surface area contributed by atoms with Gasteiger partial charge in [0, 0.05) is 0 Å². The number of nitrogens with zero attached hydrogens (tertiary/aromatic N) is 2. The number of H-pyrrole nitrogens is 1. The summed E-state index contributed by atoms with van der Waals surface area (Å²) in [5.41, 5.74) is -5.09. The predicted octanol–water partition coefficient (Wildman–Crippen LogP) is -2.77. The molecule has 6 atom stereocenters. The van der Waals surface area contributed by atoms with E-state index in [4.69, 9.17) is 19.4 Å². The zero-order valence-electron chi connectivity index (χ0n) is 14.7. The third-order valence-corrected chi connectivity index (χ3v) is 7.39. The number of halogens is 1. The number of ether oxygens (including phenoxy) is 1. The third-order valence-electron chi connectivity index (χ3n) is 3.59. The lowest BCUT2D eigenvalue weighted by atomic mass is 9.96. The molecule has 3 unspecified atom stereocenters. The first kappa shape index (κ1) is 26.1. The van der Waals surface area contributed by atoms with E-state index in [0.717, 1.165) is 0 Å². The van der Waals surface area contributed by atoms with Crippen molar-refractivity contribution in [3.8, 4) is 0 Å². The van der Waals surface area contributed by atoms with Crippen molar-refractivity contribution in [1.29, 1.82) is 0 Å². The number of aliphatic hydroxyl groups is 2. The molecule has 0 spiro atoms. The second kappa shape index (κ2) is 8.99. The summed E-state index contributed by atoms with van der Waals surface area (Å²) in [5.74, 6) is 0. The normalized spacial score (nSPS) is 30.6. The summed E-state index contributed by atoms with van der Waals surface area (Å²) in [7, 11) is -17.1. The SMILES string of the molecule is O=c1cnn([C@@H]2O[C@H](COP(=O)(O)OP(=O)(O)OP(=O)(O)O)[C@H](O)C2(O)CF)c(=O)[nH]1. The molecule has 0 amide bonds. The molecule has 0 radical (unpaired) electrons. The van der Waals surface area contributed by atoms with Crippen LogP contribution in [-0.4, -0.2) is 75.6 Å². The summed E-state index contributed by atoms with van der Waals surface area (Å²) in [6, 6.07) is 0. The van der Waals surface area contributed by atoms with Crippen LogP contribution >= 0.6 is 23.5 Å². The molecule has 18 nitrogen and oxygen atoms in total. The number of aromatic nitrogens is 3. The van der Waals surface area contributed by atoms with E-state index in [2.05, 4.69) is 18.2 Å². The molecule has 1 fully saturated rings. The maximum absolute atomic E-state index is 13.5. The van der Waals surface area contributed by atoms with Crippen molar-refractivity contribution in [3.63, 3.8) is 0 Å². The number of aliphatic hydroxyl groups excluding tert-OH is 1. The predicted molar refractivity (Wildman–Crippen MR) is 89.8 cm³/mol. The van der Waals surface area contributed by atoms with Gasteiger partial charge < -0.3 is 34.5 Å². The number of aromatic amines is 1. The van der Waals surface area contributed by atoms with Crippen LogP contribution in [0.2, 0.25) is 0 Å². The van der Waals surface area contributed by atoms with Crippen LogP contribution in [0.5, 0.6) is 0 Å². The van der Waals surface area contributed by atoms with Gasteiger partial charge in [-0.2, -0.15) is 18.4 Å². The highest BCUT2D eigenvalue weighted by Gasteiger charge is 2.58. The monoisotopic (exact) mass is 517 g/mol. The topological polar surface area (TPSA) is 277 Å². The smallest absolute Gasteiger partial charge is 0.387 e. The van der Waals surface area contributed by atoms with Gasteiger partial charge in [-0.25, -0.2) is 22.9 Å². The lowest BCUT2D eigenvalue weighted by molar-refractivity contribution is -0.126. The van der Waals surface area contributed by atoms with Gasteiger partial charge in [-0.1, -0.05) is 0 Å². The summed E-state index contributed by atoms with van der Waals surface area (Å²) < 4.78 is 63.5. The molecule has 1 aromatic heterocycles. The number of phosphoric acid groups is 3. The van der Waals surface area contributed by atoms with E-state index in [0.29, 0.717) is 6.20 Å². The Morgan fingerprint density at radius 2 is 1.81 bits per heavy atom. The molecule has 1 aliphatic rings. The number of hydrogen-bond acceptors (Lipinski definition) is 12. The molecule has 0 bridgehead atoms. The minimum absolute atomic E-state index is 0.259. The van der Waals surface area contributed by atoms with Crippen molar-refractivity contribution in [2.75, 3.05) is 13.3 Å². The van der Waals surface area contributed by atoms with Crippen LogP contribution in [0.3, 0.4) is 0 Å². The first-order valence-electron chi connectivity index (χ1n) is 7.58. The summed E-state index contributed by atoms with van der Waals surface area (Å²) in [6.07, 6.45) is -5.62. The Morgan fingerprint density at radius 1 is 1.19 bits per heavy atom. The summed E-state index contributed by atoms with van der Waals surface area (Å²) >= 11 is 0. The fourth-order valence-corrected chi connectivity index (χ4v) is 5.40. The molecule has 0 saturated carbocycles. The first-order valence-corrected chi connectivity index (χ1v) is 12.1. The van der Waals surface area contributed by atoms with E-state index in [1.165, 1.54) is 0 Å². The standard InChI is InChI=1S/C9H15FN3O15P3/c10-3-9(17)6(15)4(26-7(9)13-8(16)12-5(14)1-11-13)2-25-30(21,22)28-31(23,24)27-29(18,19)20/h1,4,6-7,15,17H,2-3H2,(H,21,22)(H,23,24)(H,12,14,16)(H2,18,19,20)/t4-,6+,7-,9?/m1/s1. The van der Waals surface area contributed by atoms with E-state index in [9.17, 15) is 42.8 Å². The van der Waals surface area contributed by atoms with E-state index in [1.807, 2.05) is 0 Å². The minimum Gasteiger partial charge on any atom is -0.387 e. The number of nitrogens with one attached hydrogen (secondary N) is 1. The lowest BCUT2D eigenvalue weighted by Crippen LogP contribution is -2.51. The Kier molecular flexibility index (Phi) is 7.57. The van der Waals surface area contributed by atoms with Gasteiger partial charge in [0.05, 0.1) is 6.61 Å². The first-order chi connectivity index (χ1) is 14.0. The summed E-state index contributed by atoms with van der Waals surface area (Å²) in [4.78, 5) is 60.0. The summed E-state index contributed by atoms with van der Waals surface area (Å²) in [6.45, 7) is -2.99. The van der Waals surface area contributed by atoms with Crippen LogP contribution in [0.1, 0.15) is 6.23 Å². The third kappa shape index (κ3) is 6.43. The second-order valence-corrected chi connectivity index (χ2v) is 10.3. The molecule has 0 aliphatic carbocycles. The Labute approximate surface area is 169 Å². The Hall–Kier alpha value is -1.17. The number of alkyl halides is 1. The quantitative estimate of drug-likeness (QED) is 0.163. The molecule has 0 aromatic carbocycles. The number of rotatable bonds is 9. The van der Waals surface area contributed by atoms with Crippen LogP contribution in [0.4, 0.5) is 4.39 Å². The maximum Gasteiger partial charge on any atom is 0.490 e. The average Bonchev–Trinajstić information content (AvgIpc) is 2.82. The van der Waals surface area contributed by atoms with E-state index in [-0.39, 0.29) is 4.68 Å². The van der Waals surface area contributed by atoms with Gasteiger partial charge >= 0.3 is 29.2 Å². The molecule has 22 heteroatoms. The molecule has 1 aromatic rings. The van der Waals surface area contributed by atoms with E-state index >= 15 is 0 Å². The molecular weight excluding hydrogens is 502 g/mol.